The lowest BCUT2D eigenvalue weighted by atomic mass is 10.0. The number of aryl methyl sites for hydroxylation is 1. The van der Waals surface area contributed by atoms with E-state index in [2.05, 4.69) is 36.5 Å². The molecule has 0 spiro atoms. The highest BCUT2D eigenvalue weighted by molar-refractivity contribution is 6.07. The Morgan fingerprint density at radius 1 is 0.968 bits per heavy atom. The maximum atomic E-state index is 13.0. The van der Waals surface area contributed by atoms with Crippen LogP contribution in [0.4, 0.5) is 0 Å². The molecule has 0 aliphatic carbocycles. The molecule has 0 unspecified atom stereocenters. The molecule has 1 N–H and O–H groups in total. The molecule has 3 aromatic carbocycles. The van der Waals surface area contributed by atoms with E-state index in [1.165, 1.54) is 11.1 Å². The Labute approximate surface area is 182 Å². The summed E-state index contributed by atoms with van der Waals surface area (Å²) in [4.78, 5) is 17.7. The summed E-state index contributed by atoms with van der Waals surface area (Å²) < 4.78 is 0. The maximum Gasteiger partial charge on any atom is 0.272 e. The number of rotatable bonds is 5. The lowest BCUT2D eigenvalue weighted by molar-refractivity contribution is 0.0956. The van der Waals surface area contributed by atoms with E-state index in [9.17, 15) is 4.79 Å². The van der Waals surface area contributed by atoms with Crippen LogP contribution < -0.4 is 5.43 Å². The third-order valence-electron chi connectivity index (χ3n) is 5.29. The fourth-order valence-corrected chi connectivity index (χ4v) is 3.43. The number of hydrogen-bond donors (Lipinski definition) is 1. The van der Waals surface area contributed by atoms with Gasteiger partial charge < -0.3 is 0 Å². The molecular formula is C27H25N3O. The van der Waals surface area contributed by atoms with Gasteiger partial charge in [-0.1, -0.05) is 86.1 Å². The molecule has 0 aliphatic rings. The van der Waals surface area contributed by atoms with Crippen LogP contribution in [-0.2, 0) is 0 Å². The zero-order valence-corrected chi connectivity index (χ0v) is 18.0. The minimum Gasteiger partial charge on any atom is -0.267 e. The van der Waals surface area contributed by atoms with Crippen molar-refractivity contribution < 1.29 is 4.79 Å². The van der Waals surface area contributed by atoms with Crippen LogP contribution in [-0.4, -0.2) is 17.1 Å². The topological polar surface area (TPSA) is 54.4 Å². The molecule has 0 fully saturated rings. The van der Waals surface area contributed by atoms with Gasteiger partial charge in [0.15, 0.2) is 0 Å². The van der Waals surface area contributed by atoms with Crippen LogP contribution in [0.2, 0.25) is 0 Å². The van der Waals surface area contributed by atoms with E-state index in [0.29, 0.717) is 11.5 Å². The van der Waals surface area contributed by atoms with Crippen molar-refractivity contribution in [3.05, 3.63) is 101 Å². The van der Waals surface area contributed by atoms with Crippen LogP contribution in [0.25, 0.3) is 22.2 Å². The minimum absolute atomic E-state index is 0.262. The Hall–Kier alpha value is -3.79. The van der Waals surface area contributed by atoms with Crippen LogP contribution in [0.15, 0.2) is 84.0 Å². The van der Waals surface area contributed by atoms with Gasteiger partial charge in [0.25, 0.3) is 5.91 Å². The number of nitrogens with one attached hydrogen (secondary N) is 1. The van der Waals surface area contributed by atoms with Crippen molar-refractivity contribution in [2.75, 3.05) is 0 Å². The summed E-state index contributed by atoms with van der Waals surface area (Å²) in [7, 11) is 0. The standard InChI is InChI=1S/C27H25N3O/c1-18(2)21-14-10-20(11-15-21)17-28-30-27(31)24-16-26(22-12-8-19(3)9-13-22)29-25-7-5-4-6-23(24)25/h4-18H,1-3H3,(H,30,31)/b28-17-. The summed E-state index contributed by atoms with van der Waals surface area (Å²) in [6.45, 7) is 6.37. The number of nitrogens with zero attached hydrogens (tertiary/aromatic N) is 2. The summed E-state index contributed by atoms with van der Waals surface area (Å²) in [6, 6.07) is 25.8. The first-order valence-corrected chi connectivity index (χ1v) is 10.4. The second kappa shape index (κ2) is 8.92. The van der Waals surface area contributed by atoms with Gasteiger partial charge in [0.2, 0.25) is 0 Å². The van der Waals surface area contributed by atoms with Crippen LogP contribution in [0.5, 0.6) is 0 Å². The molecule has 4 rings (SSSR count). The molecule has 31 heavy (non-hydrogen) atoms. The average molecular weight is 408 g/mol. The quantitative estimate of drug-likeness (QED) is 0.321. The van der Waals surface area contributed by atoms with Crippen LogP contribution in [0, 0.1) is 6.92 Å². The molecule has 0 saturated carbocycles. The van der Waals surface area contributed by atoms with Gasteiger partial charge in [-0.05, 0) is 36.1 Å². The van der Waals surface area contributed by atoms with Crippen molar-refractivity contribution in [3.8, 4) is 11.3 Å². The molecule has 154 valence electrons. The van der Waals surface area contributed by atoms with Gasteiger partial charge in [-0.15, -0.1) is 0 Å². The van der Waals surface area contributed by atoms with Crippen molar-refractivity contribution in [2.24, 2.45) is 5.10 Å². The molecule has 0 saturated heterocycles. The molecule has 4 nitrogen and oxygen atoms in total. The van der Waals surface area contributed by atoms with E-state index in [-0.39, 0.29) is 5.91 Å². The lowest BCUT2D eigenvalue weighted by Crippen LogP contribution is -2.18. The van der Waals surface area contributed by atoms with Crippen molar-refractivity contribution in [2.45, 2.75) is 26.7 Å². The number of benzene rings is 3. The number of carbonyl (C=O) groups excluding carboxylic acids is 1. The number of hydrogen-bond acceptors (Lipinski definition) is 3. The number of fused-ring (bicyclic) bond motifs is 1. The number of amides is 1. The van der Waals surface area contributed by atoms with Crippen LogP contribution in [0.3, 0.4) is 0 Å². The van der Waals surface area contributed by atoms with Gasteiger partial charge >= 0.3 is 0 Å². The molecular weight excluding hydrogens is 382 g/mol. The first kappa shape index (κ1) is 20.5. The number of pyridine rings is 1. The fraction of sp³-hybridized carbons (Fsp3) is 0.148. The van der Waals surface area contributed by atoms with Gasteiger partial charge in [0.05, 0.1) is 23.0 Å². The van der Waals surface area contributed by atoms with E-state index in [1.54, 1.807) is 6.21 Å². The fourth-order valence-electron chi connectivity index (χ4n) is 3.43. The van der Waals surface area contributed by atoms with Crippen molar-refractivity contribution in [1.29, 1.82) is 0 Å². The lowest BCUT2D eigenvalue weighted by Gasteiger charge is -2.09. The Morgan fingerprint density at radius 3 is 2.39 bits per heavy atom. The predicted molar refractivity (Wildman–Crippen MR) is 128 cm³/mol. The number of aromatic nitrogens is 1. The molecule has 4 heteroatoms. The van der Waals surface area contributed by atoms with Gasteiger partial charge in [-0.25, -0.2) is 10.4 Å². The Bertz CT molecular complexity index is 1240. The highest BCUT2D eigenvalue weighted by Gasteiger charge is 2.13. The summed E-state index contributed by atoms with van der Waals surface area (Å²) in [5, 5.41) is 4.97. The second-order valence-corrected chi connectivity index (χ2v) is 7.96. The van der Waals surface area contributed by atoms with Crippen LogP contribution in [0.1, 0.15) is 46.8 Å². The summed E-state index contributed by atoms with van der Waals surface area (Å²) >= 11 is 0. The third-order valence-corrected chi connectivity index (χ3v) is 5.29. The SMILES string of the molecule is Cc1ccc(-c2cc(C(=O)N/N=C\c3ccc(C(C)C)cc3)c3ccccc3n2)cc1. The molecule has 0 atom stereocenters. The monoisotopic (exact) mass is 407 g/mol. The van der Waals surface area contributed by atoms with E-state index >= 15 is 0 Å². The molecule has 0 radical (unpaired) electrons. The normalized spacial score (nSPS) is 11.4. The number of carbonyl (C=O) groups is 1. The van der Waals surface area contributed by atoms with E-state index < -0.39 is 0 Å². The minimum atomic E-state index is -0.262. The Morgan fingerprint density at radius 2 is 1.68 bits per heavy atom. The molecule has 4 aromatic rings. The Kier molecular flexibility index (Phi) is 5.89. The zero-order chi connectivity index (χ0) is 21.8. The smallest absolute Gasteiger partial charge is 0.267 e. The summed E-state index contributed by atoms with van der Waals surface area (Å²) in [5.74, 6) is 0.218. The predicted octanol–water partition coefficient (Wildman–Crippen LogP) is 6.10. The highest BCUT2D eigenvalue weighted by atomic mass is 16.2. The molecule has 1 aromatic heterocycles. The van der Waals surface area contributed by atoms with Crippen molar-refractivity contribution in [3.63, 3.8) is 0 Å². The summed E-state index contributed by atoms with van der Waals surface area (Å²) in [5.41, 5.74) is 9.11. The van der Waals surface area contributed by atoms with Crippen LogP contribution >= 0.6 is 0 Å². The van der Waals surface area contributed by atoms with Gasteiger partial charge in [-0.3, -0.25) is 4.79 Å². The largest absolute Gasteiger partial charge is 0.272 e. The first-order chi connectivity index (χ1) is 15.0. The molecule has 0 bridgehead atoms. The third kappa shape index (κ3) is 4.69. The maximum absolute atomic E-state index is 13.0. The second-order valence-electron chi connectivity index (χ2n) is 7.96. The molecule has 1 amide bonds. The van der Waals surface area contributed by atoms with Gasteiger partial charge in [-0.2, -0.15) is 5.10 Å². The van der Waals surface area contributed by atoms with E-state index in [1.807, 2.05) is 73.7 Å². The van der Waals surface area contributed by atoms with E-state index in [0.717, 1.165) is 27.7 Å². The summed E-state index contributed by atoms with van der Waals surface area (Å²) in [6.07, 6.45) is 1.66. The first-order valence-electron chi connectivity index (χ1n) is 10.4. The average Bonchev–Trinajstić information content (AvgIpc) is 2.79. The van der Waals surface area contributed by atoms with Crippen molar-refractivity contribution in [1.82, 2.24) is 10.4 Å². The van der Waals surface area contributed by atoms with Gasteiger partial charge in [0, 0.05) is 10.9 Å². The zero-order valence-electron chi connectivity index (χ0n) is 18.0. The van der Waals surface area contributed by atoms with Gasteiger partial charge in [0.1, 0.15) is 0 Å². The number of hydrazone groups is 1. The Balaban J connectivity index is 1.61. The number of para-hydroxylation sites is 1. The van der Waals surface area contributed by atoms with E-state index in [4.69, 9.17) is 4.98 Å². The molecule has 1 heterocycles. The van der Waals surface area contributed by atoms with Crippen molar-refractivity contribution >= 4 is 23.0 Å². The molecule has 0 aliphatic heterocycles. The highest BCUT2D eigenvalue weighted by Crippen LogP contribution is 2.25.